The molecule has 8 nitrogen and oxygen atoms in total. The van der Waals surface area contributed by atoms with Gasteiger partial charge in [0, 0.05) is 31.9 Å². The molecule has 2 aliphatic rings. The highest BCUT2D eigenvalue weighted by atomic mass is 16.7. The van der Waals surface area contributed by atoms with E-state index in [0.717, 1.165) is 5.57 Å². The fourth-order valence-electron chi connectivity index (χ4n) is 3.42. The Morgan fingerprint density at radius 3 is 2.24 bits per heavy atom. The first kappa shape index (κ1) is 22.5. The van der Waals surface area contributed by atoms with Crippen LogP contribution in [0.1, 0.15) is 41.5 Å². The van der Waals surface area contributed by atoms with E-state index in [1.165, 1.54) is 20.8 Å². The van der Waals surface area contributed by atoms with Crippen molar-refractivity contribution < 1.29 is 38.1 Å². The number of hydrogen-bond donors (Lipinski definition) is 0. The van der Waals surface area contributed by atoms with Crippen molar-refractivity contribution in [3.63, 3.8) is 0 Å². The number of ketones is 1. The minimum Gasteiger partial charge on any atom is -0.461 e. The minimum absolute atomic E-state index is 0.202. The third kappa shape index (κ3) is 4.64. The van der Waals surface area contributed by atoms with Crippen molar-refractivity contribution in [3.8, 4) is 0 Å². The highest BCUT2D eigenvalue weighted by Gasteiger charge is 2.74. The van der Waals surface area contributed by atoms with Crippen molar-refractivity contribution in [1.82, 2.24) is 0 Å². The third-order valence-corrected chi connectivity index (χ3v) is 4.51. The summed E-state index contributed by atoms with van der Waals surface area (Å²) in [4.78, 5) is 48.1. The molecule has 0 aromatic carbocycles. The van der Waals surface area contributed by atoms with Crippen LogP contribution < -0.4 is 0 Å². The molecular weight excluding hydrogens is 380 g/mol. The largest absolute Gasteiger partial charge is 0.461 e. The van der Waals surface area contributed by atoms with E-state index in [-0.39, 0.29) is 12.2 Å². The summed E-state index contributed by atoms with van der Waals surface area (Å²) in [6, 6.07) is 0. The lowest BCUT2D eigenvalue weighted by atomic mass is 9.77. The number of carbonyl (C=O) groups excluding carboxylic acids is 4. The molecule has 1 fully saturated rings. The van der Waals surface area contributed by atoms with Gasteiger partial charge in [-0.15, -0.1) is 0 Å². The Bertz CT molecular complexity index is 815. The molecule has 0 radical (unpaired) electrons. The van der Waals surface area contributed by atoms with Crippen LogP contribution in [0.25, 0.3) is 0 Å². The van der Waals surface area contributed by atoms with E-state index >= 15 is 0 Å². The van der Waals surface area contributed by atoms with Gasteiger partial charge >= 0.3 is 17.9 Å². The molecular formula is C21H26O8. The molecule has 29 heavy (non-hydrogen) atoms. The zero-order chi connectivity index (χ0) is 21.9. The predicted octanol–water partition coefficient (Wildman–Crippen LogP) is 1.97. The Morgan fingerprint density at radius 1 is 1.10 bits per heavy atom. The molecule has 0 amide bonds. The minimum atomic E-state index is -1.50. The smallest absolute Gasteiger partial charge is 0.303 e. The molecule has 0 saturated carbocycles. The molecule has 158 valence electrons. The van der Waals surface area contributed by atoms with Crippen LogP contribution >= 0.6 is 0 Å². The summed E-state index contributed by atoms with van der Waals surface area (Å²) in [5, 5.41) is 0. The topological polar surface area (TPSA) is 108 Å². The normalized spacial score (nSPS) is 26.5. The Hall–Kier alpha value is -2.74. The van der Waals surface area contributed by atoms with Crippen LogP contribution in [0.4, 0.5) is 0 Å². The van der Waals surface area contributed by atoms with Gasteiger partial charge in [0.15, 0.2) is 12.2 Å². The summed E-state index contributed by atoms with van der Waals surface area (Å²) in [5.41, 5.74) is -0.153. The second-order valence-electron chi connectivity index (χ2n) is 7.18. The first-order valence-corrected chi connectivity index (χ1v) is 9.25. The standard InChI is InChI=1S/C21H26O8/c1-7-8-15-16(10-26-12(4)22)18(28-14(6)24)20-21(29-20,19(15)25)17(9-11(2)3)27-13(5)23/h7-9,17-18,20H,10H2,1-6H3/b8-7+/t17-,18-,20+,21-/m1/s1. The Morgan fingerprint density at radius 2 is 1.76 bits per heavy atom. The highest BCUT2D eigenvalue weighted by Crippen LogP contribution is 2.52. The number of epoxide rings is 1. The third-order valence-electron chi connectivity index (χ3n) is 4.51. The molecule has 0 spiro atoms. The zero-order valence-corrected chi connectivity index (χ0v) is 17.4. The molecule has 1 heterocycles. The quantitative estimate of drug-likeness (QED) is 0.273. The maximum absolute atomic E-state index is 13.4. The van der Waals surface area contributed by atoms with Crippen LogP contribution in [0.3, 0.4) is 0 Å². The van der Waals surface area contributed by atoms with E-state index in [2.05, 4.69) is 0 Å². The lowest BCUT2D eigenvalue weighted by molar-refractivity contribution is -0.151. The predicted molar refractivity (Wildman–Crippen MR) is 102 cm³/mol. The molecule has 1 saturated heterocycles. The molecule has 8 heteroatoms. The number of ether oxygens (including phenoxy) is 4. The summed E-state index contributed by atoms with van der Waals surface area (Å²) in [5.74, 6) is -2.12. The fraction of sp³-hybridized carbons (Fsp3) is 0.524. The second kappa shape index (κ2) is 8.73. The molecule has 2 rings (SSSR count). The maximum Gasteiger partial charge on any atom is 0.303 e. The average Bonchev–Trinajstić information content (AvgIpc) is 3.34. The van der Waals surface area contributed by atoms with Gasteiger partial charge in [-0.25, -0.2) is 0 Å². The summed E-state index contributed by atoms with van der Waals surface area (Å²) >= 11 is 0. The summed E-state index contributed by atoms with van der Waals surface area (Å²) in [7, 11) is 0. The van der Waals surface area contributed by atoms with Gasteiger partial charge in [-0.05, 0) is 26.8 Å². The van der Waals surface area contributed by atoms with E-state index in [4.69, 9.17) is 18.9 Å². The number of esters is 3. The maximum atomic E-state index is 13.4. The van der Waals surface area contributed by atoms with Crippen molar-refractivity contribution in [2.75, 3.05) is 6.61 Å². The van der Waals surface area contributed by atoms with Gasteiger partial charge in [0.2, 0.25) is 11.4 Å². The van der Waals surface area contributed by atoms with Gasteiger partial charge in [-0.2, -0.15) is 0 Å². The first-order valence-electron chi connectivity index (χ1n) is 9.25. The van der Waals surface area contributed by atoms with E-state index in [0.29, 0.717) is 5.57 Å². The number of carbonyl (C=O) groups is 4. The Labute approximate surface area is 169 Å². The average molecular weight is 406 g/mol. The molecule has 0 N–H and O–H groups in total. The van der Waals surface area contributed by atoms with E-state index in [9.17, 15) is 19.2 Å². The van der Waals surface area contributed by atoms with Crippen molar-refractivity contribution in [2.45, 2.75) is 65.5 Å². The highest BCUT2D eigenvalue weighted by molar-refractivity contribution is 6.09. The van der Waals surface area contributed by atoms with Gasteiger partial charge in [-0.1, -0.05) is 17.7 Å². The van der Waals surface area contributed by atoms with Crippen LogP contribution in [0, 0.1) is 0 Å². The Balaban J connectivity index is 2.60. The Kier molecular flexibility index (Phi) is 6.79. The number of rotatable bonds is 7. The molecule has 1 aliphatic heterocycles. The lowest BCUT2D eigenvalue weighted by Gasteiger charge is -2.30. The molecule has 0 bridgehead atoms. The van der Waals surface area contributed by atoms with E-state index in [1.807, 2.05) is 0 Å². The number of fused-ring (bicyclic) bond motifs is 1. The SMILES string of the molecule is C/C=C/C1=C(COC(C)=O)[C@@H](OC(C)=O)[C@@H]2O[C@]2([C@@H](C=C(C)C)OC(C)=O)C1=O. The van der Waals surface area contributed by atoms with Gasteiger partial charge in [0.1, 0.15) is 12.7 Å². The molecule has 0 unspecified atom stereocenters. The van der Waals surface area contributed by atoms with Gasteiger partial charge < -0.3 is 18.9 Å². The second-order valence-corrected chi connectivity index (χ2v) is 7.18. The number of allylic oxidation sites excluding steroid dienone is 3. The zero-order valence-electron chi connectivity index (χ0n) is 17.4. The van der Waals surface area contributed by atoms with Crippen molar-refractivity contribution in [3.05, 3.63) is 34.9 Å². The molecule has 1 aliphatic carbocycles. The van der Waals surface area contributed by atoms with Crippen molar-refractivity contribution in [1.29, 1.82) is 0 Å². The lowest BCUT2D eigenvalue weighted by Crippen LogP contribution is -2.50. The van der Waals surface area contributed by atoms with Gasteiger partial charge in [-0.3, -0.25) is 19.2 Å². The number of Topliss-reactive ketones (excluding diaryl/α,β-unsaturated/α-hetero) is 1. The summed E-state index contributed by atoms with van der Waals surface area (Å²) < 4.78 is 21.7. The molecule has 0 aromatic heterocycles. The van der Waals surface area contributed by atoms with E-state index in [1.54, 1.807) is 39.0 Å². The number of hydrogen-bond acceptors (Lipinski definition) is 8. The molecule has 4 atom stereocenters. The summed E-state index contributed by atoms with van der Waals surface area (Å²) in [6.07, 6.45) is 2.01. The first-order chi connectivity index (χ1) is 13.5. The van der Waals surface area contributed by atoms with Crippen LogP contribution in [0.15, 0.2) is 34.9 Å². The van der Waals surface area contributed by atoms with Crippen LogP contribution in [-0.4, -0.2) is 54.2 Å². The monoisotopic (exact) mass is 406 g/mol. The van der Waals surface area contributed by atoms with Crippen molar-refractivity contribution >= 4 is 23.7 Å². The van der Waals surface area contributed by atoms with Crippen LogP contribution in [0.2, 0.25) is 0 Å². The van der Waals surface area contributed by atoms with Crippen molar-refractivity contribution in [2.24, 2.45) is 0 Å². The van der Waals surface area contributed by atoms with Gasteiger partial charge in [0.25, 0.3) is 0 Å². The van der Waals surface area contributed by atoms with Gasteiger partial charge in [0.05, 0.1) is 0 Å². The van der Waals surface area contributed by atoms with Crippen LogP contribution in [-0.2, 0) is 38.1 Å². The molecule has 0 aromatic rings. The van der Waals surface area contributed by atoms with Crippen LogP contribution in [0.5, 0.6) is 0 Å². The summed E-state index contributed by atoms with van der Waals surface area (Å²) in [6.45, 7) is 8.81. The fourth-order valence-corrected chi connectivity index (χ4v) is 3.42. The van der Waals surface area contributed by atoms with E-state index < -0.39 is 47.6 Å².